The Labute approximate surface area is 196 Å². The van der Waals surface area contributed by atoms with E-state index < -0.39 is 47.2 Å². The standard InChI is InChI=1S/C22H25F4N3O3SSi/c1-34(2,3)9-8-32-12-15-10-17(14-4-6-16(23)7-5-14)19(18-11-28-13-29-18)21(33(27,30)31)20(15)22(24,25)26/h4-7,10-11,13H,8-9,12H2,1-3H3,(H,28,29)(H2,27,30,31). The van der Waals surface area contributed by atoms with Gasteiger partial charge in [-0.2, -0.15) is 13.2 Å². The molecule has 0 aliphatic carbocycles. The summed E-state index contributed by atoms with van der Waals surface area (Å²) in [5.41, 5.74) is -1.76. The molecule has 184 valence electrons. The third-order valence-corrected chi connectivity index (χ3v) is 7.78. The smallest absolute Gasteiger partial charge is 0.377 e. The van der Waals surface area contributed by atoms with Crippen LogP contribution in [0.4, 0.5) is 17.6 Å². The molecule has 0 amide bonds. The number of nitrogens with zero attached hydrogens (tertiary/aromatic N) is 1. The molecule has 0 radical (unpaired) electrons. The first-order valence-corrected chi connectivity index (χ1v) is 15.6. The van der Waals surface area contributed by atoms with Gasteiger partial charge in [0.2, 0.25) is 10.0 Å². The first kappa shape index (κ1) is 26.1. The second-order valence-corrected chi connectivity index (χ2v) is 16.1. The minimum absolute atomic E-state index is 0.0555. The lowest BCUT2D eigenvalue weighted by atomic mass is 9.92. The van der Waals surface area contributed by atoms with Crippen LogP contribution in [0, 0.1) is 5.82 Å². The normalized spacial score (nSPS) is 12.8. The average molecular weight is 516 g/mol. The number of nitrogens with one attached hydrogen (secondary N) is 1. The van der Waals surface area contributed by atoms with Crippen LogP contribution in [0.15, 0.2) is 47.8 Å². The highest BCUT2D eigenvalue weighted by Gasteiger charge is 2.42. The van der Waals surface area contributed by atoms with Crippen molar-refractivity contribution in [3.05, 3.63) is 59.8 Å². The Morgan fingerprint density at radius 3 is 2.29 bits per heavy atom. The highest BCUT2D eigenvalue weighted by atomic mass is 32.2. The summed E-state index contributed by atoms with van der Waals surface area (Å²) in [4.78, 5) is 5.49. The van der Waals surface area contributed by atoms with E-state index in [1.807, 2.05) is 0 Å². The summed E-state index contributed by atoms with van der Waals surface area (Å²) in [5, 5.41) is 5.35. The molecular formula is C22H25F4N3O3SSi. The van der Waals surface area contributed by atoms with Crippen LogP contribution in [0.2, 0.25) is 25.7 Å². The molecule has 0 atom stereocenters. The summed E-state index contributed by atoms with van der Waals surface area (Å²) >= 11 is 0. The van der Waals surface area contributed by atoms with E-state index in [-0.39, 0.29) is 29.0 Å². The SMILES string of the molecule is C[Si](C)(C)CCOCc1cc(-c2ccc(F)cc2)c(-c2c[nH]cn2)c(S(N)(=O)=O)c1C(F)(F)F. The molecule has 0 saturated heterocycles. The maximum atomic E-state index is 14.3. The van der Waals surface area contributed by atoms with Crippen LogP contribution in [0.5, 0.6) is 0 Å². The highest BCUT2D eigenvalue weighted by molar-refractivity contribution is 7.89. The number of hydrogen-bond acceptors (Lipinski definition) is 4. The van der Waals surface area contributed by atoms with E-state index in [0.29, 0.717) is 11.6 Å². The summed E-state index contributed by atoms with van der Waals surface area (Å²) in [6, 6.07) is 6.87. The summed E-state index contributed by atoms with van der Waals surface area (Å²) < 4.78 is 87.2. The van der Waals surface area contributed by atoms with Crippen molar-refractivity contribution < 1.29 is 30.7 Å². The fraction of sp³-hybridized carbons (Fsp3) is 0.318. The molecular weight excluding hydrogens is 490 g/mol. The van der Waals surface area contributed by atoms with E-state index in [2.05, 4.69) is 29.6 Å². The number of alkyl halides is 3. The number of nitrogens with two attached hydrogens (primary N) is 1. The van der Waals surface area contributed by atoms with E-state index in [1.54, 1.807) is 0 Å². The van der Waals surface area contributed by atoms with Gasteiger partial charge in [0.15, 0.2) is 0 Å². The molecule has 6 nitrogen and oxygen atoms in total. The van der Waals surface area contributed by atoms with E-state index >= 15 is 0 Å². The number of primary sulfonamides is 1. The number of H-pyrrole nitrogens is 1. The summed E-state index contributed by atoms with van der Waals surface area (Å²) in [5.74, 6) is -0.557. The Morgan fingerprint density at radius 2 is 1.79 bits per heavy atom. The van der Waals surface area contributed by atoms with Crippen molar-refractivity contribution in [2.24, 2.45) is 5.14 Å². The Hall–Kier alpha value is -2.54. The number of sulfonamides is 1. The zero-order valence-corrected chi connectivity index (χ0v) is 20.6. The zero-order chi connectivity index (χ0) is 25.3. The number of rotatable bonds is 8. The Morgan fingerprint density at radius 1 is 1.15 bits per heavy atom. The van der Waals surface area contributed by atoms with Crippen molar-refractivity contribution in [3.8, 4) is 22.4 Å². The predicted octanol–water partition coefficient (Wildman–Crippen LogP) is 5.40. The van der Waals surface area contributed by atoms with E-state index in [0.717, 1.165) is 12.1 Å². The predicted molar refractivity (Wildman–Crippen MR) is 124 cm³/mol. The molecule has 1 aromatic heterocycles. The van der Waals surface area contributed by atoms with Gasteiger partial charge in [-0.05, 0) is 40.9 Å². The van der Waals surface area contributed by atoms with Crippen LogP contribution >= 0.6 is 0 Å². The van der Waals surface area contributed by atoms with Crippen molar-refractivity contribution in [1.29, 1.82) is 0 Å². The van der Waals surface area contributed by atoms with Gasteiger partial charge in [-0.1, -0.05) is 31.8 Å². The van der Waals surface area contributed by atoms with Gasteiger partial charge in [-0.15, -0.1) is 0 Å². The molecule has 34 heavy (non-hydrogen) atoms. The molecule has 3 aromatic rings. The molecule has 0 bridgehead atoms. The molecule has 0 fully saturated rings. The maximum absolute atomic E-state index is 14.3. The Balaban J connectivity index is 2.33. The number of aromatic nitrogens is 2. The van der Waals surface area contributed by atoms with Gasteiger partial charge in [0, 0.05) is 26.4 Å². The van der Waals surface area contributed by atoms with Crippen LogP contribution < -0.4 is 5.14 Å². The van der Waals surface area contributed by atoms with Gasteiger partial charge in [-0.25, -0.2) is 22.9 Å². The molecule has 1 heterocycles. The largest absolute Gasteiger partial charge is 0.418 e. The van der Waals surface area contributed by atoms with Crippen molar-refractivity contribution >= 4 is 18.1 Å². The van der Waals surface area contributed by atoms with Crippen LogP contribution in [0.25, 0.3) is 22.4 Å². The number of ether oxygens (including phenoxy) is 1. The second kappa shape index (κ2) is 9.60. The van der Waals surface area contributed by atoms with Gasteiger partial charge < -0.3 is 9.72 Å². The minimum Gasteiger partial charge on any atom is -0.377 e. The molecule has 3 N–H and O–H groups in total. The van der Waals surface area contributed by atoms with E-state index in [9.17, 15) is 26.0 Å². The number of imidazole rings is 1. The van der Waals surface area contributed by atoms with Crippen LogP contribution in [0.1, 0.15) is 11.1 Å². The quantitative estimate of drug-likeness (QED) is 0.238. The number of halogens is 4. The fourth-order valence-corrected chi connectivity index (χ4v) is 5.28. The lowest BCUT2D eigenvalue weighted by Gasteiger charge is -2.23. The number of aromatic amines is 1. The van der Waals surface area contributed by atoms with Crippen molar-refractivity contribution in [2.75, 3.05) is 6.61 Å². The molecule has 0 unspecified atom stereocenters. The topological polar surface area (TPSA) is 98.1 Å². The van der Waals surface area contributed by atoms with Crippen LogP contribution in [0.3, 0.4) is 0 Å². The molecule has 0 aliphatic heterocycles. The second-order valence-electron chi connectivity index (χ2n) is 9.03. The minimum atomic E-state index is -5.05. The average Bonchev–Trinajstić information content (AvgIpc) is 3.23. The summed E-state index contributed by atoms with van der Waals surface area (Å²) in [6.45, 7) is 6.05. The third-order valence-electron chi connectivity index (χ3n) is 5.09. The van der Waals surface area contributed by atoms with Gasteiger partial charge >= 0.3 is 6.18 Å². The van der Waals surface area contributed by atoms with Crippen LogP contribution in [-0.2, 0) is 27.5 Å². The lowest BCUT2D eigenvalue weighted by Crippen LogP contribution is -2.24. The monoisotopic (exact) mass is 515 g/mol. The molecule has 0 spiro atoms. The van der Waals surface area contributed by atoms with Crippen LogP contribution in [-0.4, -0.2) is 33.1 Å². The fourth-order valence-electron chi connectivity index (χ4n) is 3.49. The van der Waals surface area contributed by atoms with E-state index in [1.165, 1.54) is 30.7 Å². The van der Waals surface area contributed by atoms with Gasteiger partial charge in [0.05, 0.1) is 24.2 Å². The summed E-state index contributed by atoms with van der Waals surface area (Å²) in [7, 11) is -6.40. The van der Waals surface area contributed by atoms with Gasteiger partial charge in [-0.3, -0.25) is 0 Å². The van der Waals surface area contributed by atoms with E-state index in [4.69, 9.17) is 9.88 Å². The van der Waals surface area contributed by atoms with Crippen molar-refractivity contribution in [2.45, 2.75) is 43.4 Å². The first-order valence-electron chi connectivity index (χ1n) is 10.3. The molecule has 3 rings (SSSR count). The first-order chi connectivity index (χ1) is 15.7. The zero-order valence-electron chi connectivity index (χ0n) is 18.8. The molecule has 12 heteroatoms. The molecule has 0 aliphatic rings. The van der Waals surface area contributed by atoms with Crippen molar-refractivity contribution in [3.63, 3.8) is 0 Å². The van der Waals surface area contributed by atoms with Crippen molar-refractivity contribution in [1.82, 2.24) is 9.97 Å². The highest BCUT2D eigenvalue weighted by Crippen LogP contribution is 2.45. The lowest BCUT2D eigenvalue weighted by molar-refractivity contribution is -0.141. The summed E-state index contributed by atoms with van der Waals surface area (Å²) in [6.07, 6.45) is -2.58. The number of hydrogen-bond donors (Lipinski definition) is 2. The molecule has 0 saturated carbocycles. The van der Waals surface area contributed by atoms with Gasteiger partial charge in [0.1, 0.15) is 10.7 Å². The third kappa shape index (κ3) is 6.12. The number of benzene rings is 2. The molecule has 2 aromatic carbocycles. The maximum Gasteiger partial charge on any atom is 0.418 e. The Kier molecular flexibility index (Phi) is 7.36. The Bertz CT molecular complexity index is 1250. The van der Waals surface area contributed by atoms with Gasteiger partial charge in [0.25, 0.3) is 0 Å².